The molecule has 0 radical (unpaired) electrons. The average molecular weight is 541 g/mol. The van der Waals surface area contributed by atoms with Crippen LogP contribution in [-0.4, -0.2) is 5.71 Å². The number of nitrogens with one attached hydrogen (secondary N) is 1. The SMILES string of the molecule is C=C/C=C(\C=C/C)C(/N)=C/C(=N)c1cccc(-c2cccc(-c3ccc4c5ccccc5c5ccccc5c4c3)c2)c1. The molecule has 2 nitrogen and oxygen atoms in total. The highest BCUT2D eigenvalue weighted by atomic mass is 14.6. The zero-order valence-electron chi connectivity index (χ0n) is 23.6. The Morgan fingerprint density at radius 2 is 1.14 bits per heavy atom. The van der Waals surface area contributed by atoms with E-state index in [1.807, 2.05) is 37.3 Å². The highest BCUT2D eigenvalue weighted by molar-refractivity contribution is 6.25. The van der Waals surface area contributed by atoms with Crippen molar-refractivity contribution in [3.63, 3.8) is 0 Å². The van der Waals surface area contributed by atoms with Crippen LogP contribution in [0.25, 0.3) is 54.6 Å². The molecule has 0 saturated carbocycles. The smallest absolute Gasteiger partial charge is 0.0633 e. The van der Waals surface area contributed by atoms with Crippen molar-refractivity contribution < 1.29 is 0 Å². The van der Waals surface area contributed by atoms with Crippen LogP contribution in [0.1, 0.15) is 12.5 Å². The summed E-state index contributed by atoms with van der Waals surface area (Å²) in [6.45, 7) is 5.71. The van der Waals surface area contributed by atoms with Gasteiger partial charge in [-0.05, 0) is 91.3 Å². The van der Waals surface area contributed by atoms with Crippen LogP contribution in [0, 0.1) is 5.41 Å². The second kappa shape index (κ2) is 11.6. The predicted octanol–water partition coefficient (Wildman–Crippen LogP) is 10.4. The molecule has 2 heteroatoms. The highest BCUT2D eigenvalue weighted by Gasteiger charge is 2.11. The molecule has 3 N–H and O–H groups in total. The molecule has 0 aliphatic heterocycles. The van der Waals surface area contributed by atoms with Gasteiger partial charge in [0.15, 0.2) is 0 Å². The van der Waals surface area contributed by atoms with Gasteiger partial charge in [0.1, 0.15) is 0 Å². The highest BCUT2D eigenvalue weighted by Crippen LogP contribution is 2.37. The number of hydrogen-bond donors (Lipinski definition) is 2. The maximum atomic E-state index is 8.72. The van der Waals surface area contributed by atoms with Gasteiger partial charge in [0.05, 0.1) is 5.71 Å². The lowest BCUT2D eigenvalue weighted by atomic mass is 9.91. The summed E-state index contributed by atoms with van der Waals surface area (Å²) in [6, 6.07) is 40.8. The van der Waals surface area contributed by atoms with Gasteiger partial charge >= 0.3 is 0 Å². The second-order valence-electron chi connectivity index (χ2n) is 10.4. The molecule has 42 heavy (non-hydrogen) atoms. The summed E-state index contributed by atoms with van der Waals surface area (Å²) in [5.41, 5.74) is 13.3. The molecule has 0 saturated heterocycles. The van der Waals surface area contributed by atoms with Crippen LogP contribution in [0.4, 0.5) is 0 Å². The quantitative estimate of drug-likeness (QED) is 0.118. The number of benzene rings is 6. The van der Waals surface area contributed by atoms with Gasteiger partial charge in [-0.3, -0.25) is 0 Å². The zero-order valence-corrected chi connectivity index (χ0v) is 23.6. The molecule has 0 atom stereocenters. The van der Waals surface area contributed by atoms with Crippen molar-refractivity contribution in [3.05, 3.63) is 169 Å². The Morgan fingerprint density at radius 1 is 0.619 bits per heavy atom. The van der Waals surface area contributed by atoms with Crippen LogP contribution in [-0.2, 0) is 0 Å². The lowest BCUT2D eigenvalue weighted by Crippen LogP contribution is -2.05. The van der Waals surface area contributed by atoms with E-state index in [1.54, 1.807) is 12.2 Å². The number of fused-ring (bicyclic) bond motifs is 6. The first kappa shape index (κ1) is 26.7. The van der Waals surface area contributed by atoms with Crippen molar-refractivity contribution in [3.8, 4) is 22.3 Å². The van der Waals surface area contributed by atoms with Crippen LogP contribution >= 0.6 is 0 Å². The average Bonchev–Trinajstić information content (AvgIpc) is 3.04. The van der Waals surface area contributed by atoms with E-state index in [1.165, 1.54) is 37.9 Å². The Kier molecular flexibility index (Phi) is 7.36. The van der Waals surface area contributed by atoms with E-state index in [-0.39, 0.29) is 0 Å². The normalized spacial score (nSPS) is 12.4. The van der Waals surface area contributed by atoms with Crippen molar-refractivity contribution in [1.82, 2.24) is 0 Å². The predicted molar refractivity (Wildman–Crippen MR) is 182 cm³/mol. The van der Waals surface area contributed by atoms with Crippen molar-refractivity contribution in [2.75, 3.05) is 0 Å². The van der Waals surface area contributed by atoms with Crippen LogP contribution < -0.4 is 5.73 Å². The topological polar surface area (TPSA) is 49.9 Å². The Labute approximate surface area is 247 Å². The molecular weight excluding hydrogens is 508 g/mol. The van der Waals surface area contributed by atoms with Crippen LogP contribution in [0.2, 0.25) is 0 Å². The molecule has 0 unspecified atom stereocenters. The molecule has 6 rings (SSSR count). The number of nitrogens with two attached hydrogens (primary N) is 1. The summed E-state index contributed by atoms with van der Waals surface area (Å²) in [5.74, 6) is 0. The van der Waals surface area contributed by atoms with Crippen molar-refractivity contribution in [2.45, 2.75) is 6.92 Å². The standard InChI is InChI=1S/C40H32N2/c1-3-11-27(12-4-2)39(41)26-40(42)32-16-10-15-30(24-32)28-13-9-14-29(23-28)31-21-22-37-35-19-6-5-17-33(35)34-18-7-8-20-36(34)38(37)25-31/h3-26,42H,1,41H2,2H3/b12-4-,27-11+,39-26-,42-40?. The van der Waals surface area contributed by atoms with Gasteiger partial charge in [0.2, 0.25) is 0 Å². The molecule has 6 aromatic rings. The van der Waals surface area contributed by atoms with E-state index in [0.717, 1.165) is 27.8 Å². The molecule has 0 aliphatic rings. The van der Waals surface area contributed by atoms with Gasteiger partial charge in [0, 0.05) is 11.3 Å². The fraction of sp³-hybridized carbons (Fsp3) is 0.0250. The first-order valence-corrected chi connectivity index (χ1v) is 14.1. The van der Waals surface area contributed by atoms with Crippen molar-refractivity contribution in [1.29, 1.82) is 5.41 Å². The summed E-state index contributed by atoms with van der Waals surface area (Å²) in [4.78, 5) is 0. The van der Waals surface area contributed by atoms with Crippen molar-refractivity contribution >= 4 is 38.0 Å². The molecular formula is C40H32N2. The summed E-state index contributed by atoms with van der Waals surface area (Å²) in [5, 5.41) is 16.3. The minimum Gasteiger partial charge on any atom is -0.398 e. The maximum Gasteiger partial charge on any atom is 0.0633 e. The Hall–Kier alpha value is -5.47. The van der Waals surface area contributed by atoms with Gasteiger partial charge in [-0.1, -0.05) is 128 Å². The fourth-order valence-electron chi connectivity index (χ4n) is 5.71. The molecule has 6 aromatic carbocycles. The largest absolute Gasteiger partial charge is 0.398 e. The summed E-state index contributed by atoms with van der Waals surface area (Å²) >= 11 is 0. The Bertz CT molecular complexity index is 2050. The van der Waals surface area contributed by atoms with Crippen molar-refractivity contribution in [2.24, 2.45) is 5.73 Å². The first-order chi connectivity index (χ1) is 20.6. The molecule has 0 amide bonds. The van der Waals surface area contributed by atoms with Gasteiger partial charge in [-0.25, -0.2) is 0 Å². The molecule has 0 spiro atoms. The van der Waals surface area contributed by atoms with Crippen LogP contribution in [0.5, 0.6) is 0 Å². The van der Waals surface area contributed by atoms with E-state index >= 15 is 0 Å². The fourth-order valence-corrected chi connectivity index (χ4v) is 5.71. The van der Waals surface area contributed by atoms with Gasteiger partial charge in [0.25, 0.3) is 0 Å². The summed E-state index contributed by atoms with van der Waals surface area (Å²) in [7, 11) is 0. The van der Waals surface area contributed by atoms with Gasteiger partial charge in [-0.15, -0.1) is 0 Å². The lowest BCUT2D eigenvalue weighted by Gasteiger charge is -2.13. The number of allylic oxidation sites excluding steroid dienone is 5. The lowest BCUT2D eigenvalue weighted by molar-refractivity contribution is 1.34. The van der Waals surface area contributed by atoms with Gasteiger partial charge < -0.3 is 11.1 Å². The van der Waals surface area contributed by atoms with E-state index < -0.39 is 0 Å². The maximum absolute atomic E-state index is 8.72. The third kappa shape index (κ3) is 5.07. The Balaban J connectivity index is 1.39. The Morgan fingerprint density at radius 3 is 1.74 bits per heavy atom. The van der Waals surface area contributed by atoms with E-state index in [0.29, 0.717) is 11.4 Å². The number of rotatable bonds is 7. The first-order valence-electron chi connectivity index (χ1n) is 14.1. The molecule has 0 aliphatic carbocycles. The molecule has 0 fully saturated rings. The second-order valence-corrected chi connectivity index (χ2v) is 10.4. The third-order valence-corrected chi connectivity index (χ3v) is 7.72. The minimum atomic E-state index is 0.360. The molecule has 202 valence electrons. The third-order valence-electron chi connectivity index (χ3n) is 7.72. The monoisotopic (exact) mass is 540 g/mol. The van der Waals surface area contributed by atoms with Crippen LogP contribution in [0.15, 0.2) is 163 Å². The molecule has 0 heterocycles. The molecule has 0 aromatic heterocycles. The minimum absolute atomic E-state index is 0.360. The van der Waals surface area contributed by atoms with E-state index in [9.17, 15) is 0 Å². The van der Waals surface area contributed by atoms with Gasteiger partial charge in [-0.2, -0.15) is 0 Å². The van der Waals surface area contributed by atoms with E-state index in [2.05, 4.69) is 110 Å². The summed E-state index contributed by atoms with van der Waals surface area (Å²) < 4.78 is 0. The van der Waals surface area contributed by atoms with Crippen LogP contribution in [0.3, 0.4) is 0 Å². The zero-order chi connectivity index (χ0) is 29.1. The number of hydrogen-bond acceptors (Lipinski definition) is 2. The van der Waals surface area contributed by atoms with E-state index in [4.69, 9.17) is 11.1 Å². The molecule has 0 bridgehead atoms. The summed E-state index contributed by atoms with van der Waals surface area (Å²) in [6.07, 6.45) is 9.09.